The quantitative estimate of drug-likeness (QED) is 0.674. The van der Waals surface area contributed by atoms with Gasteiger partial charge in [-0.2, -0.15) is 0 Å². The van der Waals surface area contributed by atoms with Crippen LogP contribution in [0.5, 0.6) is 5.75 Å². The third-order valence-corrected chi connectivity index (χ3v) is 6.15. The lowest BCUT2D eigenvalue weighted by molar-refractivity contribution is -0.917. The van der Waals surface area contributed by atoms with E-state index >= 15 is 0 Å². The molecule has 5 nitrogen and oxygen atoms in total. The van der Waals surface area contributed by atoms with E-state index in [2.05, 4.69) is 33.7 Å². The Balaban J connectivity index is 1.56. The van der Waals surface area contributed by atoms with Crippen LogP contribution in [0.1, 0.15) is 12.8 Å². The van der Waals surface area contributed by atoms with E-state index < -0.39 is 0 Å². The first-order valence-electron chi connectivity index (χ1n) is 9.33. The first kappa shape index (κ1) is 15.0. The molecule has 1 aromatic carbocycles. The van der Waals surface area contributed by atoms with E-state index in [9.17, 15) is 0 Å². The molecule has 130 valence electrons. The molecule has 0 radical (unpaired) electrons. The Kier molecular flexibility index (Phi) is 3.38. The molecule has 5 rings (SSSR count). The third-order valence-electron chi connectivity index (χ3n) is 6.15. The molecule has 0 atom stereocenters. The Hall–Kier alpha value is -2.27. The number of aromatic nitrogens is 2. The smallest absolute Gasteiger partial charge is 0.154 e. The maximum absolute atomic E-state index is 5.40. The Morgan fingerprint density at radius 1 is 1.00 bits per heavy atom. The topological polar surface area (TPSA) is 29.8 Å². The molecule has 0 saturated carbocycles. The van der Waals surface area contributed by atoms with E-state index in [0.717, 1.165) is 35.7 Å². The second-order valence-electron chi connectivity index (χ2n) is 7.48. The van der Waals surface area contributed by atoms with E-state index in [1.165, 1.54) is 49.0 Å². The van der Waals surface area contributed by atoms with Crippen molar-refractivity contribution in [1.82, 2.24) is 9.38 Å². The van der Waals surface area contributed by atoms with Crippen LogP contribution in [-0.2, 0) is 0 Å². The monoisotopic (exact) mass is 337 g/mol. The predicted molar refractivity (Wildman–Crippen MR) is 100 cm³/mol. The molecule has 2 aromatic heterocycles. The second-order valence-corrected chi connectivity index (χ2v) is 7.48. The summed E-state index contributed by atoms with van der Waals surface area (Å²) in [6.45, 7) is 7.45. The zero-order valence-corrected chi connectivity index (χ0v) is 14.8. The zero-order chi connectivity index (χ0) is 16.9. The second kappa shape index (κ2) is 5.63. The van der Waals surface area contributed by atoms with Gasteiger partial charge in [-0.1, -0.05) is 0 Å². The lowest BCUT2D eigenvalue weighted by atomic mass is 10.2. The minimum absolute atomic E-state index is 0.859. The van der Waals surface area contributed by atoms with E-state index in [1.54, 1.807) is 7.11 Å². The molecule has 3 aromatic rings. The molecule has 2 saturated heterocycles. The molecule has 0 unspecified atom stereocenters. The summed E-state index contributed by atoms with van der Waals surface area (Å²) < 4.78 is 8.98. The molecule has 2 fully saturated rings. The van der Waals surface area contributed by atoms with Crippen molar-refractivity contribution >= 4 is 22.4 Å². The number of ether oxygens (including phenoxy) is 1. The number of benzene rings is 1. The van der Waals surface area contributed by atoms with Crippen LogP contribution in [0.2, 0.25) is 0 Å². The van der Waals surface area contributed by atoms with Gasteiger partial charge >= 0.3 is 0 Å². The van der Waals surface area contributed by atoms with Crippen molar-refractivity contribution in [1.29, 1.82) is 0 Å². The van der Waals surface area contributed by atoms with Crippen molar-refractivity contribution in [3.05, 3.63) is 36.5 Å². The molecule has 25 heavy (non-hydrogen) atoms. The van der Waals surface area contributed by atoms with Crippen LogP contribution in [0.3, 0.4) is 0 Å². The van der Waals surface area contributed by atoms with Gasteiger partial charge in [-0.05, 0) is 24.3 Å². The Bertz CT molecular complexity index is 916. The number of hydrogen-bond acceptors (Lipinski definition) is 3. The fourth-order valence-electron chi connectivity index (χ4n) is 4.66. The van der Waals surface area contributed by atoms with Gasteiger partial charge in [0, 0.05) is 25.1 Å². The number of fused-ring (bicyclic) bond motifs is 3. The maximum Gasteiger partial charge on any atom is 0.154 e. The number of rotatable bonds is 2. The van der Waals surface area contributed by atoms with Crippen LogP contribution in [0.4, 0.5) is 5.82 Å². The van der Waals surface area contributed by atoms with Crippen LogP contribution in [0.25, 0.3) is 16.6 Å². The van der Waals surface area contributed by atoms with Crippen LogP contribution in [-0.4, -0.2) is 60.2 Å². The van der Waals surface area contributed by atoms with Crippen molar-refractivity contribution in [2.45, 2.75) is 12.8 Å². The number of nitrogens with zero attached hydrogens (tertiary/aromatic N) is 4. The molecule has 2 aliphatic heterocycles. The van der Waals surface area contributed by atoms with E-state index in [4.69, 9.17) is 9.72 Å². The first-order valence-corrected chi connectivity index (χ1v) is 9.33. The van der Waals surface area contributed by atoms with Crippen molar-refractivity contribution in [3.8, 4) is 5.75 Å². The molecular weight excluding hydrogens is 312 g/mol. The fraction of sp³-hybridized carbons (Fsp3) is 0.450. The number of methoxy groups -OCH3 is 1. The van der Waals surface area contributed by atoms with Gasteiger partial charge in [0.05, 0.1) is 62.9 Å². The summed E-state index contributed by atoms with van der Waals surface area (Å²) in [5, 5.41) is 0. The summed E-state index contributed by atoms with van der Waals surface area (Å²) >= 11 is 0. The van der Waals surface area contributed by atoms with Gasteiger partial charge in [0.1, 0.15) is 5.75 Å². The van der Waals surface area contributed by atoms with Crippen molar-refractivity contribution < 1.29 is 9.22 Å². The fourth-order valence-corrected chi connectivity index (χ4v) is 4.66. The van der Waals surface area contributed by atoms with Crippen molar-refractivity contribution in [2.75, 3.05) is 51.3 Å². The summed E-state index contributed by atoms with van der Waals surface area (Å²) in [6, 6.07) is 10.4. The standard InChI is InChI=1S/C20H25N4O/c1-25-16-6-7-18-17(15-16)21-20(19-5-4-8-23(18)19)22-9-13-24(14-10-22)11-2-3-12-24/h4-8,15H,2-3,9-14H2,1H3/q+1. The van der Waals surface area contributed by atoms with Gasteiger partial charge in [0.15, 0.2) is 5.82 Å². The molecule has 5 heteroatoms. The molecule has 0 amide bonds. The summed E-state index contributed by atoms with van der Waals surface area (Å²) in [7, 11) is 1.71. The highest BCUT2D eigenvalue weighted by atomic mass is 16.5. The Morgan fingerprint density at radius 2 is 1.80 bits per heavy atom. The van der Waals surface area contributed by atoms with Gasteiger partial charge in [0.2, 0.25) is 0 Å². The summed E-state index contributed by atoms with van der Waals surface area (Å²) in [5.41, 5.74) is 3.32. The highest BCUT2D eigenvalue weighted by molar-refractivity contribution is 5.86. The number of piperazine rings is 1. The average Bonchev–Trinajstić information content (AvgIpc) is 3.31. The summed E-state index contributed by atoms with van der Waals surface area (Å²) in [5.74, 6) is 1.97. The lowest BCUT2D eigenvalue weighted by Crippen LogP contribution is -2.58. The number of hydrogen-bond donors (Lipinski definition) is 0. The molecule has 2 aliphatic rings. The highest BCUT2D eigenvalue weighted by Gasteiger charge is 2.36. The van der Waals surface area contributed by atoms with Gasteiger partial charge in [-0.3, -0.25) is 0 Å². The van der Waals surface area contributed by atoms with E-state index in [0.29, 0.717) is 0 Å². The van der Waals surface area contributed by atoms with Crippen LogP contribution < -0.4 is 9.64 Å². The lowest BCUT2D eigenvalue weighted by Gasteiger charge is -2.42. The first-order chi connectivity index (χ1) is 12.3. The molecule has 4 heterocycles. The van der Waals surface area contributed by atoms with E-state index in [-0.39, 0.29) is 0 Å². The average molecular weight is 337 g/mol. The van der Waals surface area contributed by atoms with Crippen LogP contribution >= 0.6 is 0 Å². The molecular formula is C20H25N4O+. The summed E-state index contributed by atoms with van der Waals surface area (Å²) in [4.78, 5) is 7.52. The normalized spacial score (nSPS) is 20.0. The maximum atomic E-state index is 5.40. The van der Waals surface area contributed by atoms with Crippen molar-refractivity contribution in [2.24, 2.45) is 0 Å². The van der Waals surface area contributed by atoms with Gasteiger partial charge in [-0.15, -0.1) is 0 Å². The third kappa shape index (κ3) is 2.37. The largest absolute Gasteiger partial charge is 0.497 e. The number of quaternary nitrogens is 1. The Labute approximate surface area is 148 Å². The van der Waals surface area contributed by atoms with E-state index in [1.807, 2.05) is 12.1 Å². The predicted octanol–water partition coefficient (Wildman–Crippen LogP) is 2.93. The molecule has 1 spiro atoms. The number of anilines is 1. The van der Waals surface area contributed by atoms with Crippen LogP contribution in [0.15, 0.2) is 36.5 Å². The zero-order valence-electron chi connectivity index (χ0n) is 14.8. The SMILES string of the molecule is COc1ccc2c(c1)nc(N1CC[N+]3(CCCC3)CC1)c1cccn12. The molecule has 0 bridgehead atoms. The minimum Gasteiger partial charge on any atom is -0.497 e. The Morgan fingerprint density at radius 3 is 2.56 bits per heavy atom. The van der Waals surface area contributed by atoms with Crippen LogP contribution in [0, 0.1) is 0 Å². The van der Waals surface area contributed by atoms with Gasteiger partial charge in [0.25, 0.3) is 0 Å². The summed E-state index contributed by atoms with van der Waals surface area (Å²) in [6.07, 6.45) is 4.93. The van der Waals surface area contributed by atoms with Crippen molar-refractivity contribution in [3.63, 3.8) is 0 Å². The molecule has 0 aliphatic carbocycles. The van der Waals surface area contributed by atoms with Gasteiger partial charge in [-0.25, -0.2) is 4.98 Å². The molecule has 0 N–H and O–H groups in total. The minimum atomic E-state index is 0.859. The highest BCUT2D eigenvalue weighted by Crippen LogP contribution is 2.30. The van der Waals surface area contributed by atoms with Gasteiger partial charge < -0.3 is 18.5 Å².